The molecule has 0 bridgehead atoms. The maximum absolute atomic E-state index is 13.9. The third-order valence-electron chi connectivity index (χ3n) is 34.4. The molecule has 0 radical (unpaired) electrons. The first-order valence-electron chi connectivity index (χ1n) is 49.7. The fourth-order valence-electron chi connectivity index (χ4n) is 24.8. The first kappa shape index (κ1) is 96.7. The number of methoxy groups -OCH3 is 1. The van der Waals surface area contributed by atoms with Gasteiger partial charge in [0.1, 0.15) is 11.8 Å². The Labute approximate surface area is 806 Å². The lowest BCUT2D eigenvalue weighted by Crippen LogP contribution is -2.59. The number of hydrogen-bond donors (Lipinski definition) is 5. The van der Waals surface area contributed by atoms with E-state index in [0.717, 1.165) is 147 Å². The monoisotopic (exact) mass is 1860 g/mol. The van der Waals surface area contributed by atoms with Gasteiger partial charge in [0.05, 0.1) is 103 Å². The Balaban J connectivity index is 0.000000127. The van der Waals surface area contributed by atoms with Crippen LogP contribution in [0.4, 0.5) is 41.9 Å². The minimum Gasteiger partial charge on any atom is -0.479 e. The number of ether oxygens (including phenoxy) is 1. The second kappa shape index (κ2) is 39.5. The van der Waals surface area contributed by atoms with Crippen LogP contribution in [0.2, 0.25) is 0 Å². The number of rotatable bonds is 24. The van der Waals surface area contributed by atoms with E-state index in [1.807, 2.05) is 58.1 Å². The molecule has 4 aliphatic heterocycles. The van der Waals surface area contributed by atoms with Crippen LogP contribution in [0.1, 0.15) is 239 Å². The first-order chi connectivity index (χ1) is 65.9. The van der Waals surface area contributed by atoms with Crippen molar-refractivity contribution in [2.24, 2.45) is 35.0 Å². The number of carbonyl (C=O) groups excluding carboxylic acids is 7. The number of amides is 11. The summed E-state index contributed by atoms with van der Waals surface area (Å²) in [7, 11) is 16.5. The molecule has 11 amide bonds. The van der Waals surface area contributed by atoms with E-state index < -0.39 is 23.3 Å². The normalized spacial score (nSPS) is 27.5. The van der Waals surface area contributed by atoms with Crippen LogP contribution >= 0.6 is 0 Å². The van der Waals surface area contributed by atoms with E-state index in [1.54, 1.807) is 40.3 Å². The summed E-state index contributed by atoms with van der Waals surface area (Å²) < 4.78 is 5.46. The SMILES string of the molecule is CN(C)C1(c2ccccc2)CCC2(CC1)CN(c1cccc(C(N)=O)c1)C(=O)N2CC1CCC1.CN(C)C1(c2ccccc2)CCC2(CC1)CN(c1ccccc1C(N)=O)C(=O)N2CC1CCC1.CN(C)C1(c2ccccc2)CCC2(CC1)CN(c1cnc(C(N)=O)nc1)C(=O)N2CC1(O)CCC1.CNC1(c2ccccc2)CCC2(CC1)CN(c1cnc(C#N)nc1OC)C(=O)N2CC1CCC1. The number of aliphatic hydroxyl groups is 1. The molecule has 8 saturated carbocycles. The molecule has 6 aromatic carbocycles. The van der Waals surface area contributed by atoms with Crippen LogP contribution in [0, 0.1) is 29.1 Å². The van der Waals surface area contributed by atoms with Crippen molar-refractivity contribution < 1.29 is 43.4 Å². The summed E-state index contributed by atoms with van der Waals surface area (Å²) in [5.74, 6) is 0.326. The van der Waals surface area contributed by atoms with Gasteiger partial charge in [-0.05, 0) is 280 Å². The number of nitriles is 1. The molecule has 0 atom stereocenters. The molecule has 724 valence electrons. The van der Waals surface area contributed by atoms with Crippen LogP contribution in [0.5, 0.6) is 5.88 Å². The highest BCUT2D eigenvalue weighted by Gasteiger charge is 2.62. The van der Waals surface area contributed by atoms with Crippen molar-refractivity contribution in [3.63, 3.8) is 0 Å². The summed E-state index contributed by atoms with van der Waals surface area (Å²) in [6, 6.07) is 59.2. The van der Waals surface area contributed by atoms with Gasteiger partial charge in [-0.15, -0.1) is 0 Å². The van der Waals surface area contributed by atoms with Crippen LogP contribution < -0.4 is 46.9 Å². The van der Waals surface area contributed by atoms with Gasteiger partial charge in [-0.2, -0.15) is 10.2 Å². The van der Waals surface area contributed by atoms with Crippen LogP contribution in [-0.2, 0) is 22.2 Å². The lowest BCUT2D eigenvalue weighted by Gasteiger charge is -2.52. The van der Waals surface area contributed by atoms with Crippen molar-refractivity contribution in [3.05, 3.63) is 233 Å². The summed E-state index contributed by atoms with van der Waals surface area (Å²) >= 11 is 0. The number of nitrogens with zero attached hydrogens (tertiary/aromatic N) is 16. The van der Waals surface area contributed by atoms with E-state index in [9.17, 15) is 43.9 Å². The fraction of sp³-hybridized carbons (Fsp3) is 0.519. The number of primary amides is 3. The van der Waals surface area contributed by atoms with Crippen molar-refractivity contribution >= 4 is 64.6 Å². The molecule has 12 fully saturated rings. The van der Waals surface area contributed by atoms with Crippen LogP contribution in [0.15, 0.2) is 188 Å². The highest BCUT2D eigenvalue weighted by molar-refractivity contribution is 6.05. The average Bonchev–Trinajstić information content (AvgIpc) is 1.59. The number of carbonyl (C=O) groups is 7. The molecule has 0 unspecified atom stereocenters. The molecule has 4 saturated heterocycles. The number of anilines is 4. The number of β-amino-alcohol motifs (C(OH)–C–C–N with tert-alkyl or cyclic N) is 1. The van der Waals surface area contributed by atoms with Crippen molar-refractivity contribution in [2.75, 3.05) is 128 Å². The molecule has 8 N–H and O–H groups in total. The summed E-state index contributed by atoms with van der Waals surface area (Å²) in [5.41, 5.74) is 23.1. The highest BCUT2D eigenvalue weighted by atomic mass is 16.5. The number of hydrogen-bond acceptors (Lipinski definition) is 18. The van der Waals surface area contributed by atoms with E-state index in [1.165, 1.54) is 99.5 Å². The summed E-state index contributed by atoms with van der Waals surface area (Å²) in [6.45, 7) is 5.15. The van der Waals surface area contributed by atoms with Crippen LogP contribution in [0.25, 0.3) is 0 Å². The van der Waals surface area contributed by atoms with E-state index in [4.69, 9.17) is 21.9 Å². The van der Waals surface area contributed by atoms with Crippen LogP contribution in [-0.4, -0.2) is 238 Å². The Bertz CT molecular complexity index is 5680. The number of nitrogens with two attached hydrogens (primary N) is 3. The zero-order chi connectivity index (χ0) is 96.5. The zero-order valence-corrected chi connectivity index (χ0v) is 81.2. The number of benzene rings is 6. The zero-order valence-electron chi connectivity index (χ0n) is 81.2. The summed E-state index contributed by atoms with van der Waals surface area (Å²) in [4.78, 5) is 130. The topological polar surface area (TPSA) is 350 Å². The Morgan fingerprint density at radius 1 is 0.431 bits per heavy atom. The maximum Gasteiger partial charge on any atom is 0.325 e. The molecular formula is C108H138N20O9. The Kier molecular flexibility index (Phi) is 27.9. The molecule has 8 aromatic rings. The van der Waals surface area contributed by atoms with Gasteiger partial charge < -0.3 is 52.0 Å². The third kappa shape index (κ3) is 18.5. The number of aromatic nitrogens is 4. The Morgan fingerprint density at radius 3 is 1.18 bits per heavy atom. The predicted octanol–water partition coefficient (Wildman–Crippen LogP) is 15.5. The van der Waals surface area contributed by atoms with Gasteiger partial charge in [0.25, 0.3) is 11.8 Å². The average molecular weight is 1860 g/mol. The van der Waals surface area contributed by atoms with Gasteiger partial charge >= 0.3 is 24.1 Å². The second-order valence-corrected chi connectivity index (χ2v) is 42.0. The van der Waals surface area contributed by atoms with E-state index >= 15 is 0 Å². The van der Waals surface area contributed by atoms with Gasteiger partial charge in [-0.25, -0.2) is 34.1 Å². The van der Waals surface area contributed by atoms with Gasteiger partial charge in [-0.1, -0.05) is 159 Å². The first-order valence-corrected chi connectivity index (χ1v) is 49.7. The predicted molar refractivity (Wildman–Crippen MR) is 530 cm³/mol. The van der Waals surface area contributed by atoms with Crippen molar-refractivity contribution in [3.8, 4) is 11.9 Å². The minimum absolute atomic E-state index is 0.00447. The molecule has 20 rings (SSSR count). The number of nitrogens with one attached hydrogen (secondary N) is 1. The second-order valence-electron chi connectivity index (χ2n) is 42.0. The van der Waals surface area contributed by atoms with Gasteiger partial charge in [0.2, 0.25) is 23.4 Å². The number of para-hydroxylation sites is 1. The lowest BCUT2D eigenvalue weighted by molar-refractivity contribution is -0.0725. The molecule has 137 heavy (non-hydrogen) atoms. The van der Waals surface area contributed by atoms with Gasteiger partial charge in [0, 0.05) is 53.0 Å². The molecule has 2 aromatic heterocycles. The quantitative estimate of drug-likeness (QED) is 0.0375. The molecule has 12 aliphatic rings. The minimum atomic E-state index is -0.819. The lowest BCUT2D eigenvalue weighted by atomic mass is 9.67. The van der Waals surface area contributed by atoms with Crippen molar-refractivity contribution in [1.29, 1.82) is 5.26 Å². The van der Waals surface area contributed by atoms with Crippen molar-refractivity contribution in [1.82, 2.24) is 59.6 Å². The molecule has 4 spiro atoms. The molecule has 8 aliphatic carbocycles. The standard InChI is InChI=1S/2C28H36N4O2.C26H34N6O3.C26H32N6O2/c1-30(2)28(23-11-4-3-5-12-23)16-14-27(15-17-28)20-31(24-13-7-10-22(18-24)25(29)33)26(34)32(27)19-21-8-6-9-21;1-30(2)28(22-11-4-3-5-12-22)17-15-27(16-18-28)20-31(24-14-7-6-13-23(24)25(29)33)26(34)32(27)19-21-9-8-10-21;1-30(2)26(19-7-4-3-5-8-19)13-11-24(12-14-26)17-31(20-15-28-22(21(27)33)29-16-20)23(34)32(24)18-25(35)9-6-10-25;1-28-26(20-9-4-3-5-10-20)13-11-25(12-14-26)18-31(24(33)32(25)17-19-7-6-8-19)21-16-29-22(15-27)30-23(21)34-2/h3-5,7,10-13,18,21H,6,8-9,14-17,19-20H2,1-2H3,(H2,29,33);3-7,11-14,21H,8-10,15-20H2,1-2H3,(H2,29,33);3-5,7-8,15-16,35H,6,9-14,17-18H2,1-2H3,(H2,27,33);3-5,9-10,16,19,28H,6-8,11-14,17-18H2,1-2H3. The largest absolute Gasteiger partial charge is 0.479 e. The molecule has 29 nitrogen and oxygen atoms in total. The molecule has 6 heterocycles. The van der Waals surface area contributed by atoms with Crippen molar-refractivity contribution in [2.45, 2.75) is 230 Å². The molecule has 29 heteroatoms. The van der Waals surface area contributed by atoms with Gasteiger partial charge in [-0.3, -0.25) is 48.7 Å². The third-order valence-corrected chi connectivity index (χ3v) is 34.4. The van der Waals surface area contributed by atoms with E-state index in [0.29, 0.717) is 78.7 Å². The number of urea groups is 4. The summed E-state index contributed by atoms with van der Waals surface area (Å²) in [5, 5.41) is 23.8. The Morgan fingerprint density at radius 2 is 0.810 bits per heavy atom. The smallest absolute Gasteiger partial charge is 0.325 e. The molecular weight excluding hydrogens is 1720 g/mol. The van der Waals surface area contributed by atoms with E-state index in [-0.39, 0.29) is 86.0 Å². The Hall–Kier alpha value is -11.9. The van der Waals surface area contributed by atoms with Crippen LogP contribution in [0.3, 0.4) is 0 Å². The highest BCUT2D eigenvalue weighted by Crippen LogP contribution is 2.57. The van der Waals surface area contributed by atoms with Gasteiger partial charge in [0.15, 0.2) is 0 Å². The fourth-order valence-corrected chi connectivity index (χ4v) is 24.8. The summed E-state index contributed by atoms with van der Waals surface area (Å²) in [6.07, 6.45) is 32.9. The maximum atomic E-state index is 13.9. The van der Waals surface area contributed by atoms with E-state index in [2.05, 4.69) is 212 Å².